The molecule has 0 unspecified atom stereocenters. The van der Waals surface area contributed by atoms with Crippen LogP contribution in [0.2, 0.25) is 0 Å². The molecule has 3 aromatic rings. The summed E-state index contributed by atoms with van der Waals surface area (Å²) in [6.45, 7) is 3.63. The Hall–Kier alpha value is -3.07. The van der Waals surface area contributed by atoms with Gasteiger partial charge in [0.1, 0.15) is 0 Å². The zero-order valence-electron chi connectivity index (χ0n) is 15.1. The Labute approximate surface area is 155 Å². The van der Waals surface area contributed by atoms with Crippen molar-refractivity contribution in [3.8, 4) is 0 Å². The molecule has 3 aromatic carbocycles. The molecule has 0 radical (unpaired) electrons. The SMILES string of the molecule is Cc1cccc(CNC(=O)CN(Cc2ccccc2)c2ccccc2)c1. The number of rotatable bonds is 7. The number of aryl methyl sites for hydroxylation is 1. The number of hydrogen-bond acceptors (Lipinski definition) is 2. The molecule has 0 saturated heterocycles. The normalized spacial score (nSPS) is 10.3. The summed E-state index contributed by atoms with van der Waals surface area (Å²) in [5, 5.41) is 3.03. The van der Waals surface area contributed by atoms with Gasteiger partial charge in [-0.15, -0.1) is 0 Å². The average Bonchev–Trinajstić information content (AvgIpc) is 2.67. The second-order valence-electron chi connectivity index (χ2n) is 6.44. The first-order valence-corrected chi connectivity index (χ1v) is 8.87. The number of nitrogens with one attached hydrogen (secondary N) is 1. The number of nitrogens with zero attached hydrogens (tertiary/aromatic N) is 1. The molecule has 0 fully saturated rings. The Morgan fingerprint density at radius 2 is 1.50 bits per heavy atom. The van der Waals surface area contributed by atoms with Gasteiger partial charge in [0.05, 0.1) is 6.54 Å². The van der Waals surface area contributed by atoms with E-state index in [0.717, 1.165) is 11.3 Å². The lowest BCUT2D eigenvalue weighted by molar-refractivity contribution is -0.119. The first-order valence-electron chi connectivity index (χ1n) is 8.87. The highest BCUT2D eigenvalue weighted by Gasteiger charge is 2.12. The zero-order chi connectivity index (χ0) is 18.2. The van der Waals surface area contributed by atoms with Crippen molar-refractivity contribution < 1.29 is 4.79 Å². The molecule has 0 aliphatic heterocycles. The van der Waals surface area contributed by atoms with E-state index in [2.05, 4.69) is 41.4 Å². The molecule has 26 heavy (non-hydrogen) atoms. The fraction of sp³-hybridized carbons (Fsp3) is 0.174. The van der Waals surface area contributed by atoms with Gasteiger partial charge in [0, 0.05) is 18.8 Å². The lowest BCUT2D eigenvalue weighted by atomic mass is 10.1. The number of benzene rings is 3. The fourth-order valence-electron chi connectivity index (χ4n) is 2.93. The van der Waals surface area contributed by atoms with Crippen molar-refractivity contribution in [2.24, 2.45) is 0 Å². The number of hydrogen-bond donors (Lipinski definition) is 1. The Balaban J connectivity index is 1.66. The van der Waals surface area contributed by atoms with E-state index in [-0.39, 0.29) is 5.91 Å². The van der Waals surface area contributed by atoms with Crippen LogP contribution in [0.3, 0.4) is 0 Å². The second-order valence-corrected chi connectivity index (χ2v) is 6.44. The van der Waals surface area contributed by atoms with Crippen LogP contribution in [0.1, 0.15) is 16.7 Å². The summed E-state index contributed by atoms with van der Waals surface area (Å²) < 4.78 is 0. The van der Waals surface area contributed by atoms with Crippen LogP contribution >= 0.6 is 0 Å². The zero-order valence-corrected chi connectivity index (χ0v) is 15.1. The highest BCUT2D eigenvalue weighted by atomic mass is 16.2. The van der Waals surface area contributed by atoms with Crippen LogP contribution in [-0.2, 0) is 17.9 Å². The lowest BCUT2D eigenvalue weighted by Gasteiger charge is -2.24. The van der Waals surface area contributed by atoms with Gasteiger partial charge in [-0.05, 0) is 30.2 Å². The smallest absolute Gasteiger partial charge is 0.239 e. The van der Waals surface area contributed by atoms with Gasteiger partial charge >= 0.3 is 0 Å². The van der Waals surface area contributed by atoms with Gasteiger partial charge in [-0.25, -0.2) is 0 Å². The summed E-state index contributed by atoms with van der Waals surface area (Å²) in [5.74, 6) is 0.0197. The molecule has 0 spiro atoms. The van der Waals surface area contributed by atoms with Crippen LogP contribution in [0.25, 0.3) is 0 Å². The highest BCUT2D eigenvalue weighted by molar-refractivity contribution is 5.81. The maximum Gasteiger partial charge on any atom is 0.239 e. The van der Waals surface area contributed by atoms with Crippen LogP contribution in [0.15, 0.2) is 84.9 Å². The predicted octanol–water partition coefficient (Wildman–Crippen LogP) is 4.32. The molecule has 1 amide bonds. The molecular weight excluding hydrogens is 320 g/mol. The van der Waals surface area contributed by atoms with Gasteiger partial charge in [0.2, 0.25) is 5.91 Å². The van der Waals surface area contributed by atoms with Crippen molar-refractivity contribution in [3.63, 3.8) is 0 Å². The molecule has 0 saturated carbocycles. The molecule has 3 rings (SSSR count). The minimum absolute atomic E-state index is 0.0197. The van der Waals surface area contributed by atoms with Crippen molar-refractivity contribution in [2.45, 2.75) is 20.0 Å². The number of carbonyl (C=O) groups is 1. The van der Waals surface area contributed by atoms with Crippen LogP contribution in [0.4, 0.5) is 5.69 Å². The van der Waals surface area contributed by atoms with Crippen LogP contribution in [0, 0.1) is 6.92 Å². The van der Waals surface area contributed by atoms with E-state index in [1.165, 1.54) is 11.1 Å². The minimum atomic E-state index is 0.0197. The van der Waals surface area contributed by atoms with Crippen molar-refractivity contribution in [1.82, 2.24) is 5.32 Å². The van der Waals surface area contributed by atoms with Gasteiger partial charge in [-0.1, -0.05) is 78.4 Å². The van der Waals surface area contributed by atoms with E-state index in [9.17, 15) is 4.79 Å². The van der Waals surface area contributed by atoms with Gasteiger partial charge in [-0.3, -0.25) is 4.79 Å². The molecule has 0 aliphatic rings. The van der Waals surface area contributed by atoms with Gasteiger partial charge < -0.3 is 10.2 Å². The monoisotopic (exact) mass is 344 g/mol. The predicted molar refractivity (Wildman–Crippen MR) is 107 cm³/mol. The Morgan fingerprint density at radius 1 is 0.846 bits per heavy atom. The van der Waals surface area contributed by atoms with E-state index in [1.54, 1.807) is 0 Å². The molecule has 0 aromatic heterocycles. The summed E-state index contributed by atoms with van der Waals surface area (Å²) in [5.41, 5.74) is 4.55. The number of para-hydroxylation sites is 1. The Bertz CT molecular complexity index is 831. The van der Waals surface area contributed by atoms with Crippen LogP contribution in [-0.4, -0.2) is 12.5 Å². The molecule has 3 nitrogen and oxygen atoms in total. The second kappa shape index (κ2) is 8.86. The molecule has 0 atom stereocenters. The Morgan fingerprint density at radius 3 is 2.19 bits per heavy atom. The molecule has 3 heteroatoms. The third-order valence-corrected chi connectivity index (χ3v) is 4.24. The van der Waals surface area contributed by atoms with Gasteiger partial charge in [-0.2, -0.15) is 0 Å². The van der Waals surface area contributed by atoms with Crippen molar-refractivity contribution in [3.05, 3.63) is 102 Å². The maximum atomic E-state index is 12.5. The quantitative estimate of drug-likeness (QED) is 0.692. The van der Waals surface area contributed by atoms with Crippen molar-refractivity contribution in [2.75, 3.05) is 11.4 Å². The number of anilines is 1. The number of carbonyl (C=O) groups excluding carboxylic acids is 1. The molecule has 0 heterocycles. The average molecular weight is 344 g/mol. The topological polar surface area (TPSA) is 32.3 Å². The standard InChI is InChI=1S/C23H24N2O/c1-19-9-8-12-21(15-19)16-24-23(26)18-25(22-13-6-3-7-14-22)17-20-10-4-2-5-11-20/h2-15H,16-18H2,1H3,(H,24,26). The van der Waals surface area contributed by atoms with Gasteiger partial charge in [0.25, 0.3) is 0 Å². The molecule has 0 bridgehead atoms. The summed E-state index contributed by atoms with van der Waals surface area (Å²) in [6.07, 6.45) is 0. The first kappa shape index (κ1) is 17.7. The van der Waals surface area contributed by atoms with Crippen LogP contribution in [0.5, 0.6) is 0 Å². The minimum Gasteiger partial charge on any atom is -0.358 e. The summed E-state index contributed by atoms with van der Waals surface area (Å²) in [7, 11) is 0. The van der Waals surface area contributed by atoms with Gasteiger partial charge in [0.15, 0.2) is 0 Å². The van der Waals surface area contributed by atoms with Crippen molar-refractivity contribution in [1.29, 1.82) is 0 Å². The van der Waals surface area contributed by atoms with E-state index in [0.29, 0.717) is 19.6 Å². The van der Waals surface area contributed by atoms with E-state index in [1.807, 2.05) is 60.7 Å². The summed E-state index contributed by atoms with van der Waals surface area (Å²) in [6, 6.07) is 28.5. The Kier molecular flexibility index (Phi) is 6.05. The third kappa shape index (κ3) is 5.21. The summed E-state index contributed by atoms with van der Waals surface area (Å²) >= 11 is 0. The third-order valence-electron chi connectivity index (χ3n) is 4.24. The largest absolute Gasteiger partial charge is 0.358 e. The number of amides is 1. The lowest BCUT2D eigenvalue weighted by Crippen LogP contribution is -2.36. The van der Waals surface area contributed by atoms with Crippen LogP contribution < -0.4 is 10.2 Å². The maximum absolute atomic E-state index is 12.5. The van der Waals surface area contributed by atoms with Crippen molar-refractivity contribution >= 4 is 11.6 Å². The van der Waals surface area contributed by atoms with E-state index in [4.69, 9.17) is 0 Å². The van der Waals surface area contributed by atoms with E-state index >= 15 is 0 Å². The highest BCUT2D eigenvalue weighted by Crippen LogP contribution is 2.16. The fourth-order valence-corrected chi connectivity index (χ4v) is 2.93. The molecule has 1 N–H and O–H groups in total. The molecular formula is C23H24N2O. The summed E-state index contributed by atoms with van der Waals surface area (Å²) in [4.78, 5) is 14.6. The molecule has 0 aliphatic carbocycles. The first-order chi connectivity index (χ1) is 12.7. The molecule has 132 valence electrons. The van der Waals surface area contributed by atoms with E-state index < -0.39 is 0 Å².